The van der Waals surface area contributed by atoms with Gasteiger partial charge in [-0.05, 0) is 51.5 Å². The van der Waals surface area contributed by atoms with E-state index in [1.807, 2.05) is 13.1 Å². The van der Waals surface area contributed by atoms with E-state index in [4.69, 9.17) is 0 Å². The number of hydrogen-bond acceptors (Lipinski definition) is 3. The molecule has 0 amide bonds. The first kappa shape index (κ1) is 13.8. The molecule has 1 unspecified atom stereocenters. The lowest BCUT2D eigenvalue weighted by Crippen LogP contribution is -2.35. The molecule has 3 nitrogen and oxygen atoms in total. The average Bonchev–Trinajstić information content (AvgIpc) is 3.11. The van der Waals surface area contributed by atoms with E-state index < -0.39 is 0 Å². The third-order valence-corrected chi connectivity index (χ3v) is 4.61. The molecule has 2 saturated heterocycles. The van der Waals surface area contributed by atoms with Crippen LogP contribution in [0, 0.1) is 5.82 Å². The highest BCUT2D eigenvalue weighted by Gasteiger charge is 2.30. The van der Waals surface area contributed by atoms with Crippen LogP contribution in [0.25, 0.3) is 0 Å². The van der Waals surface area contributed by atoms with Crippen LogP contribution in [0.4, 0.5) is 10.1 Å². The van der Waals surface area contributed by atoms with Crippen molar-refractivity contribution in [3.8, 4) is 0 Å². The minimum Gasteiger partial charge on any atom is -0.370 e. The molecule has 0 aliphatic carbocycles. The standard InChI is InChI=1S/C16H24FN3/c1-18-11-14-15(17)5-4-6-16(14)20-10-7-13(12-20)19-8-2-3-9-19/h4-6,13,18H,2-3,7-12H2,1H3. The van der Waals surface area contributed by atoms with E-state index in [9.17, 15) is 4.39 Å². The predicted octanol–water partition coefficient (Wildman–Crippen LogP) is 2.22. The zero-order valence-electron chi connectivity index (χ0n) is 12.2. The quantitative estimate of drug-likeness (QED) is 0.910. The van der Waals surface area contributed by atoms with E-state index in [0.29, 0.717) is 12.6 Å². The van der Waals surface area contributed by atoms with Gasteiger partial charge in [0.15, 0.2) is 0 Å². The second-order valence-electron chi connectivity index (χ2n) is 5.90. The van der Waals surface area contributed by atoms with Crippen molar-refractivity contribution in [2.24, 2.45) is 0 Å². The molecule has 0 bridgehead atoms. The summed E-state index contributed by atoms with van der Waals surface area (Å²) in [5, 5.41) is 3.08. The molecule has 0 saturated carbocycles. The van der Waals surface area contributed by atoms with Gasteiger partial charge in [-0.15, -0.1) is 0 Å². The number of nitrogens with one attached hydrogen (secondary N) is 1. The predicted molar refractivity (Wildman–Crippen MR) is 80.6 cm³/mol. The van der Waals surface area contributed by atoms with Crippen LogP contribution >= 0.6 is 0 Å². The summed E-state index contributed by atoms with van der Waals surface area (Å²) in [5.41, 5.74) is 1.87. The SMILES string of the molecule is CNCc1c(F)cccc1N1CCC(N2CCCC2)C1. The molecule has 2 heterocycles. The first-order chi connectivity index (χ1) is 9.79. The Hall–Kier alpha value is -1.13. The van der Waals surface area contributed by atoms with Crippen LogP contribution in [0.3, 0.4) is 0 Å². The Morgan fingerprint density at radius 3 is 2.80 bits per heavy atom. The molecule has 1 N–H and O–H groups in total. The van der Waals surface area contributed by atoms with Gasteiger partial charge in [0.2, 0.25) is 0 Å². The molecule has 3 rings (SSSR count). The Morgan fingerprint density at radius 1 is 1.25 bits per heavy atom. The zero-order valence-corrected chi connectivity index (χ0v) is 12.2. The minimum absolute atomic E-state index is 0.0959. The Labute approximate surface area is 120 Å². The van der Waals surface area contributed by atoms with Crippen molar-refractivity contribution >= 4 is 5.69 Å². The van der Waals surface area contributed by atoms with Gasteiger partial charge in [-0.2, -0.15) is 0 Å². The third kappa shape index (κ3) is 2.67. The molecule has 2 aliphatic heterocycles. The summed E-state index contributed by atoms with van der Waals surface area (Å²) in [6, 6.07) is 6.10. The number of likely N-dealkylation sites (tertiary alicyclic amines) is 1. The highest BCUT2D eigenvalue weighted by Crippen LogP contribution is 2.29. The van der Waals surface area contributed by atoms with Gasteiger partial charge >= 0.3 is 0 Å². The van der Waals surface area contributed by atoms with Crippen molar-refractivity contribution < 1.29 is 4.39 Å². The van der Waals surface area contributed by atoms with Crippen molar-refractivity contribution in [2.75, 3.05) is 38.1 Å². The fourth-order valence-corrected chi connectivity index (χ4v) is 3.56. The van der Waals surface area contributed by atoms with Crippen molar-refractivity contribution in [2.45, 2.75) is 31.8 Å². The Balaban J connectivity index is 1.75. The summed E-state index contributed by atoms with van der Waals surface area (Å²) in [5.74, 6) is -0.0959. The molecule has 1 aromatic rings. The highest BCUT2D eigenvalue weighted by atomic mass is 19.1. The second kappa shape index (κ2) is 6.10. The number of rotatable bonds is 4. The number of halogens is 1. The van der Waals surface area contributed by atoms with Gasteiger partial charge in [0, 0.05) is 36.9 Å². The molecule has 0 radical (unpaired) electrons. The maximum atomic E-state index is 14.0. The van der Waals surface area contributed by atoms with Crippen LogP contribution in [-0.4, -0.2) is 44.2 Å². The number of anilines is 1. The zero-order chi connectivity index (χ0) is 13.9. The van der Waals surface area contributed by atoms with Gasteiger partial charge in [0.25, 0.3) is 0 Å². The summed E-state index contributed by atoms with van der Waals surface area (Å²) in [6.45, 7) is 5.16. The van der Waals surface area contributed by atoms with Gasteiger partial charge in [-0.1, -0.05) is 6.07 Å². The maximum Gasteiger partial charge on any atom is 0.129 e. The van der Waals surface area contributed by atoms with Crippen LogP contribution in [0.1, 0.15) is 24.8 Å². The lowest BCUT2D eigenvalue weighted by atomic mass is 10.1. The van der Waals surface area contributed by atoms with Crippen LogP contribution in [-0.2, 0) is 6.54 Å². The molecular weight excluding hydrogens is 253 g/mol. The smallest absolute Gasteiger partial charge is 0.129 e. The van der Waals surface area contributed by atoms with Crippen molar-refractivity contribution in [3.63, 3.8) is 0 Å². The number of nitrogens with zero attached hydrogens (tertiary/aromatic N) is 2. The molecule has 0 spiro atoms. The largest absolute Gasteiger partial charge is 0.370 e. The molecule has 1 aromatic carbocycles. The lowest BCUT2D eigenvalue weighted by molar-refractivity contribution is 0.260. The molecule has 4 heteroatoms. The summed E-state index contributed by atoms with van der Waals surface area (Å²) in [6.07, 6.45) is 3.87. The summed E-state index contributed by atoms with van der Waals surface area (Å²) in [4.78, 5) is 4.97. The second-order valence-corrected chi connectivity index (χ2v) is 5.90. The van der Waals surface area contributed by atoms with E-state index >= 15 is 0 Å². The molecule has 2 fully saturated rings. The third-order valence-electron chi connectivity index (χ3n) is 4.61. The van der Waals surface area contributed by atoms with Gasteiger partial charge in [0.05, 0.1) is 0 Å². The van der Waals surface area contributed by atoms with Crippen LogP contribution in [0.2, 0.25) is 0 Å². The monoisotopic (exact) mass is 277 g/mol. The van der Waals surface area contributed by atoms with E-state index in [1.165, 1.54) is 32.4 Å². The van der Waals surface area contributed by atoms with E-state index in [0.717, 1.165) is 24.3 Å². The van der Waals surface area contributed by atoms with Gasteiger partial charge < -0.3 is 10.2 Å². The Morgan fingerprint density at radius 2 is 2.05 bits per heavy atom. The van der Waals surface area contributed by atoms with Crippen molar-refractivity contribution in [1.82, 2.24) is 10.2 Å². The summed E-state index contributed by atoms with van der Waals surface area (Å²) in [7, 11) is 1.87. The van der Waals surface area contributed by atoms with Crippen molar-refractivity contribution in [1.29, 1.82) is 0 Å². The summed E-state index contributed by atoms with van der Waals surface area (Å²) >= 11 is 0. The summed E-state index contributed by atoms with van der Waals surface area (Å²) < 4.78 is 14.0. The molecular formula is C16H24FN3. The first-order valence-electron chi connectivity index (χ1n) is 7.70. The van der Waals surface area contributed by atoms with Gasteiger partial charge in [-0.3, -0.25) is 4.90 Å². The molecule has 2 aliphatic rings. The Kier molecular flexibility index (Phi) is 4.22. The van der Waals surface area contributed by atoms with E-state index in [-0.39, 0.29) is 5.82 Å². The molecule has 110 valence electrons. The van der Waals surface area contributed by atoms with Crippen LogP contribution in [0.5, 0.6) is 0 Å². The number of hydrogen-bond donors (Lipinski definition) is 1. The maximum absolute atomic E-state index is 14.0. The highest BCUT2D eigenvalue weighted by molar-refractivity contribution is 5.55. The minimum atomic E-state index is -0.0959. The first-order valence-corrected chi connectivity index (χ1v) is 7.70. The molecule has 20 heavy (non-hydrogen) atoms. The fraction of sp³-hybridized carbons (Fsp3) is 0.625. The van der Waals surface area contributed by atoms with Crippen LogP contribution in [0.15, 0.2) is 18.2 Å². The van der Waals surface area contributed by atoms with E-state index in [2.05, 4.69) is 21.2 Å². The lowest BCUT2D eigenvalue weighted by Gasteiger charge is -2.26. The van der Waals surface area contributed by atoms with Crippen molar-refractivity contribution in [3.05, 3.63) is 29.6 Å². The normalized spacial score (nSPS) is 23.7. The molecule has 1 atom stereocenters. The topological polar surface area (TPSA) is 18.5 Å². The number of benzene rings is 1. The van der Waals surface area contributed by atoms with E-state index in [1.54, 1.807) is 6.07 Å². The average molecular weight is 277 g/mol. The van der Waals surface area contributed by atoms with Gasteiger partial charge in [-0.25, -0.2) is 4.39 Å². The Bertz CT molecular complexity index is 457. The molecule has 0 aromatic heterocycles. The van der Waals surface area contributed by atoms with Gasteiger partial charge in [0.1, 0.15) is 5.82 Å². The van der Waals surface area contributed by atoms with Crippen LogP contribution < -0.4 is 10.2 Å². The fourth-order valence-electron chi connectivity index (χ4n) is 3.56.